The highest BCUT2D eigenvalue weighted by molar-refractivity contribution is 6.89. The SMILES string of the molecule is CCC(C)O[B]Cl. The predicted octanol–water partition coefficient (Wildman–Crippen LogP) is 1.57. The minimum Gasteiger partial charge on any atom is -0.422 e. The first-order valence-electron chi connectivity index (χ1n) is 2.38. The van der Waals surface area contributed by atoms with E-state index in [2.05, 4.69) is 0 Å². The van der Waals surface area contributed by atoms with Gasteiger partial charge in [-0.05, 0) is 13.3 Å². The molecule has 0 heterocycles. The summed E-state index contributed by atoms with van der Waals surface area (Å²) in [5.41, 5.74) is 0. The molecular formula is C4H9BClO. The van der Waals surface area contributed by atoms with E-state index in [0.29, 0.717) is 0 Å². The van der Waals surface area contributed by atoms with Gasteiger partial charge in [-0.1, -0.05) is 6.92 Å². The summed E-state index contributed by atoms with van der Waals surface area (Å²) in [4.78, 5) is 0. The van der Waals surface area contributed by atoms with Gasteiger partial charge in [-0.15, -0.1) is 0 Å². The van der Waals surface area contributed by atoms with Gasteiger partial charge in [0.1, 0.15) is 0 Å². The van der Waals surface area contributed by atoms with Gasteiger partial charge < -0.3 is 4.65 Å². The second-order valence-corrected chi connectivity index (χ2v) is 1.62. The van der Waals surface area contributed by atoms with E-state index < -0.39 is 0 Å². The molecule has 0 amide bonds. The Balaban J connectivity index is 2.83. The van der Waals surface area contributed by atoms with Gasteiger partial charge in [0.05, 0.1) is 0 Å². The Kier molecular flexibility index (Phi) is 4.67. The summed E-state index contributed by atoms with van der Waals surface area (Å²) >= 11 is 5.13. The average Bonchev–Trinajstić information content (AvgIpc) is 1.68. The molecule has 1 radical (unpaired) electrons. The molecule has 7 heavy (non-hydrogen) atoms. The first-order valence-corrected chi connectivity index (χ1v) is 2.82. The van der Waals surface area contributed by atoms with Crippen molar-refractivity contribution < 1.29 is 4.65 Å². The summed E-state index contributed by atoms with van der Waals surface area (Å²) in [6, 6.07) is 0. The summed E-state index contributed by atoms with van der Waals surface area (Å²) < 4.78 is 4.83. The van der Waals surface area contributed by atoms with Crippen LogP contribution in [0.2, 0.25) is 0 Å². The molecule has 0 spiro atoms. The summed E-state index contributed by atoms with van der Waals surface area (Å²) in [6.07, 6.45) is 1.26. The molecule has 0 aliphatic heterocycles. The normalized spacial score (nSPS) is 13.6. The molecule has 0 aliphatic carbocycles. The standard InChI is InChI=1S/C4H9BClO/c1-3-4(2)7-5-6/h4H,3H2,1-2H3. The monoisotopic (exact) mass is 119 g/mol. The Hall–Kier alpha value is 0.315. The molecule has 0 N–H and O–H groups in total. The lowest BCUT2D eigenvalue weighted by Gasteiger charge is -2.04. The molecule has 0 rings (SSSR count). The fourth-order valence-corrected chi connectivity index (χ4v) is 0.360. The number of hydrogen-bond acceptors (Lipinski definition) is 1. The molecule has 0 aliphatic rings. The number of rotatable bonds is 3. The Morgan fingerprint density at radius 2 is 2.43 bits per heavy atom. The highest BCUT2D eigenvalue weighted by Crippen LogP contribution is 1.93. The Bertz CT molecular complexity index is 42.7. The van der Waals surface area contributed by atoms with Crippen molar-refractivity contribution >= 4 is 18.4 Å². The molecule has 3 heteroatoms. The third kappa shape index (κ3) is 4.16. The summed E-state index contributed by atoms with van der Waals surface area (Å²) in [6.45, 7) is 5.22. The Labute approximate surface area is 50.2 Å². The van der Waals surface area contributed by atoms with Crippen LogP contribution >= 0.6 is 11.5 Å². The first-order chi connectivity index (χ1) is 3.31. The first kappa shape index (κ1) is 7.31. The molecule has 0 aromatic heterocycles. The maximum Gasteiger partial charge on any atom is 0.414 e. The van der Waals surface area contributed by atoms with Gasteiger partial charge in [-0.2, -0.15) is 11.5 Å². The van der Waals surface area contributed by atoms with Gasteiger partial charge in [0.2, 0.25) is 0 Å². The lowest BCUT2D eigenvalue weighted by atomic mass is 10.3. The van der Waals surface area contributed by atoms with Crippen LogP contribution in [-0.4, -0.2) is 13.0 Å². The van der Waals surface area contributed by atoms with Crippen LogP contribution in [0.15, 0.2) is 0 Å². The third-order valence-electron chi connectivity index (χ3n) is 0.859. The van der Waals surface area contributed by atoms with Crippen LogP contribution in [0.25, 0.3) is 0 Å². The van der Waals surface area contributed by atoms with Gasteiger partial charge in [0, 0.05) is 6.10 Å². The molecular weight excluding hydrogens is 110 g/mol. The molecule has 1 unspecified atom stereocenters. The Morgan fingerprint density at radius 1 is 1.86 bits per heavy atom. The largest absolute Gasteiger partial charge is 0.422 e. The molecule has 0 fully saturated rings. The van der Waals surface area contributed by atoms with Crippen molar-refractivity contribution in [2.75, 3.05) is 0 Å². The fourth-order valence-electron chi connectivity index (χ4n) is 0.184. The zero-order chi connectivity index (χ0) is 5.70. The molecule has 0 saturated carbocycles. The molecule has 1 atom stereocenters. The van der Waals surface area contributed by atoms with E-state index >= 15 is 0 Å². The van der Waals surface area contributed by atoms with E-state index in [1.165, 1.54) is 6.90 Å². The van der Waals surface area contributed by atoms with Crippen LogP contribution in [0, 0.1) is 0 Å². The quantitative estimate of drug-likeness (QED) is 0.513. The lowest BCUT2D eigenvalue weighted by molar-refractivity contribution is 0.236. The van der Waals surface area contributed by atoms with Crippen molar-refractivity contribution in [1.29, 1.82) is 0 Å². The van der Waals surface area contributed by atoms with Gasteiger partial charge >= 0.3 is 6.90 Å². The highest BCUT2D eigenvalue weighted by atomic mass is 35.5. The number of halogens is 1. The van der Waals surface area contributed by atoms with Gasteiger partial charge in [0.15, 0.2) is 0 Å². The van der Waals surface area contributed by atoms with Crippen molar-refractivity contribution in [2.45, 2.75) is 26.4 Å². The second-order valence-electron chi connectivity index (χ2n) is 1.44. The maximum atomic E-state index is 5.13. The van der Waals surface area contributed by atoms with Crippen LogP contribution in [0.5, 0.6) is 0 Å². The summed E-state index contributed by atoms with van der Waals surface area (Å²) in [5, 5.41) is 0. The lowest BCUT2D eigenvalue weighted by Crippen LogP contribution is -2.05. The Morgan fingerprint density at radius 3 is 2.57 bits per heavy atom. The maximum absolute atomic E-state index is 5.13. The predicted molar refractivity (Wildman–Crippen MR) is 32.4 cm³/mol. The van der Waals surface area contributed by atoms with Crippen LogP contribution in [-0.2, 0) is 4.65 Å². The third-order valence-corrected chi connectivity index (χ3v) is 0.962. The molecule has 0 bridgehead atoms. The van der Waals surface area contributed by atoms with E-state index in [9.17, 15) is 0 Å². The van der Waals surface area contributed by atoms with Gasteiger partial charge in [0.25, 0.3) is 0 Å². The van der Waals surface area contributed by atoms with Crippen molar-refractivity contribution in [1.82, 2.24) is 0 Å². The zero-order valence-electron chi connectivity index (χ0n) is 4.65. The molecule has 1 nitrogen and oxygen atoms in total. The van der Waals surface area contributed by atoms with Gasteiger partial charge in [-0.25, -0.2) is 0 Å². The molecule has 0 aromatic rings. The minimum absolute atomic E-state index is 0.262. The zero-order valence-corrected chi connectivity index (χ0v) is 5.40. The molecule has 0 aromatic carbocycles. The highest BCUT2D eigenvalue weighted by Gasteiger charge is 1.94. The minimum atomic E-state index is 0.262. The van der Waals surface area contributed by atoms with Crippen LogP contribution in [0.3, 0.4) is 0 Å². The van der Waals surface area contributed by atoms with E-state index in [1.54, 1.807) is 0 Å². The van der Waals surface area contributed by atoms with Gasteiger partial charge in [-0.3, -0.25) is 0 Å². The van der Waals surface area contributed by atoms with Crippen molar-refractivity contribution in [3.8, 4) is 0 Å². The van der Waals surface area contributed by atoms with Crippen molar-refractivity contribution in [2.24, 2.45) is 0 Å². The van der Waals surface area contributed by atoms with Crippen LogP contribution in [0.4, 0.5) is 0 Å². The van der Waals surface area contributed by atoms with Crippen LogP contribution < -0.4 is 0 Å². The van der Waals surface area contributed by atoms with Crippen molar-refractivity contribution in [3.63, 3.8) is 0 Å². The molecule has 0 saturated heterocycles. The van der Waals surface area contributed by atoms with E-state index in [1.807, 2.05) is 13.8 Å². The van der Waals surface area contributed by atoms with Crippen LogP contribution in [0.1, 0.15) is 20.3 Å². The fraction of sp³-hybridized carbons (Fsp3) is 1.00. The molecule has 41 valence electrons. The topological polar surface area (TPSA) is 9.23 Å². The summed E-state index contributed by atoms with van der Waals surface area (Å²) in [7, 11) is 0. The summed E-state index contributed by atoms with van der Waals surface area (Å²) in [5.74, 6) is 0. The van der Waals surface area contributed by atoms with E-state index in [4.69, 9.17) is 16.1 Å². The van der Waals surface area contributed by atoms with Crippen molar-refractivity contribution in [3.05, 3.63) is 0 Å². The smallest absolute Gasteiger partial charge is 0.414 e. The number of hydrogen-bond donors (Lipinski definition) is 0. The second kappa shape index (κ2) is 4.47. The van der Waals surface area contributed by atoms with E-state index in [-0.39, 0.29) is 6.10 Å². The van der Waals surface area contributed by atoms with E-state index in [0.717, 1.165) is 6.42 Å². The average molecular weight is 119 g/mol.